The maximum atomic E-state index is 13.1. The third-order valence-electron chi connectivity index (χ3n) is 9.00. The first kappa shape index (κ1) is 25.2. The van der Waals surface area contributed by atoms with E-state index in [4.69, 9.17) is 5.73 Å². The van der Waals surface area contributed by atoms with E-state index >= 15 is 0 Å². The van der Waals surface area contributed by atoms with Crippen LogP contribution in [0.5, 0.6) is 0 Å². The third-order valence-corrected chi connectivity index (χ3v) is 9.00. The van der Waals surface area contributed by atoms with E-state index in [9.17, 15) is 29.7 Å². The molecule has 4 aliphatic carbocycles. The summed E-state index contributed by atoms with van der Waals surface area (Å²) in [6.45, 7) is 3.90. The predicted molar refractivity (Wildman–Crippen MR) is 120 cm³/mol. The maximum absolute atomic E-state index is 13.1. The van der Waals surface area contributed by atoms with E-state index in [-0.39, 0.29) is 61.8 Å². The Kier molecular flexibility index (Phi) is 6.66. The lowest BCUT2D eigenvalue weighted by Crippen LogP contribution is -2.63. The number of hydrogen-bond acceptors (Lipinski definition) is 7. The molecule has 8 atom stereocenters. The van der Waals surface area contributed by atoms with Crippen LogP contribution >= 0.6 is 12.4 Å². The highest BCUT2D eigenvalue weighted by atomic mass is 35.5. The zero-order chi connectivity index (χ0) is 22.8. The van der Waals surface area contributed by atoms with Crippen molar-refractivity contribution in [2.75, 3.05) is 6.54 Å². The van der Waals surface area contributed by atoms with Gasteiger partial charge in [0.05, 0.1) is 6.10 Å². The van der Waals surface area contributed by atoms with Crippen LogP contribution in [0.2, 0.25) is 0 Å². The lowest BCUT2D eigenvalue weighted by molar-refractivity contribution is -0.183. The second-order valence-corrected chi connectivity index (χ2v) is 10.4. The second-order valence-electron chi connectivity index (χ2n) is 10.4. The van der Waals surface area contributed by atoms with Gasteiger partial charge in [-0.15, -0.1) is 12.4 Å². The second kappa shape index (κ2) is 8.44. The summed E-state index contributed by atoms with van der Waals surface area (Å²) < 4.78 is 0. The van der Waals surface area contributed by atoms with Crippen LogP contribution in [-0.4, -0.2) is 57.0 Å². The van der Waals surface area contributed by atoms with E-state index in [1.807, 2.05) is 13.0 Å². The molecule has 0 aliphatic heterocycles. The van der Waals surface area contributed by atoms with Crippen LogP contribution in [0, 0.1) is 28.6 Å². The topological polar surface area (TPSA) is 138 Å². The van der Waals surface area contributed by atoms with Gasteiger partial charge in [-0.1, -0.05) is 25.5 Å². The van der Waals surface area contributed by atoms with E-state index in [0.717, 1.165) is 18.4 Å². The normalized spacial score (nSPS) is 43.3. The molecular weight excluding hydrogens is 434 g/mol. The van der Waals surface area contributed by atoms with Gasteiger partial charge in [0.25, 0.3) is 0 Å². The maximum Gasteiger partial charge on any atom is 0.200 e. The fourth-order valence-corrected chi connectivity index (χ4v) is 7.39. The molecular formula is C24H34ClNO6. The summed E-state index contributed by atoms with van der Waals surface area (Å²) in [5.74, 6) is -1.66. The van der Waals surface area contributed by atoms with Gasteiger partial charge >= 0.3 is 0 Å². The SMILES string of the molecule is C[C@]12C=CC(=O)C=C1CC[C@@H]1[C@@H]2[C@@H](O)C[C@@]2(C)[C@H]1CC[C@]2(O)C(=O)C(O)C(=O)CCN.Cl. The standard InChI is InChI=1S/C24H33NO6.ClH/c1-22-8-5-14(26)11-13(22)3-4-15-16-6-9-24(31,21(30)20(29)17(27)7-10-25)23(16,2)12-18(28)19(15)22;/h5,8,11,15-16,18-20,28-29,31H,3-4,6-7,9-10,12,25H2,1-2H3;1H/t15-,16-,18-,19+,20?,22-,23-,24-;/m0./s1. The van der Waals surface area contributed by atoms with E-state index < -0.39 is 40.2 Å². The largest absolute Gasteiger partial charge is 0.393 e. The van der Waals surface area contributed by atoms with Crippen LogP contribution in [0.15, 0.2) is 23.8 Å². The first-order valence-electron chi connectivity index (χ1n) is 11.3. The molecule has 0 aromatic rings. The summed E-state index contributed by atoms with van der Waals surface area (Å²) in [5, 5.41) is 33.2. The molecule has 0 aromatic heterocycles. The monoisotopic (exact) mass is 467 g/mol. The minimum absolute atomic E-state index is 0. The fourth-order valence-electron chi connectivity index (χ4n) is 7.39. The molecule has 0 spiro atoms. The van der Waals surface area contributed by atoms with Gasteiger partial charge in [0.1, 0.15) is 5.60 Å². The van der Waals surface area contributed by atoms with E-state index in [0.29, 0.717) is 6.42 Å². The van der Waals surface area contributed by atoms with Gasteiger partial charge < -0.3 is 21.1 Å². The summed E-state index contributed by atoms with van der Waals surface area (Å²) in [4.78, 5) is 37.2. The zero-order valence-corrected chi connectivity index (χ0v) is 19.4. The number of fused-ring (bicyclic) bond motifs is 5. The fraction of sp³-hybridized carbons (Fsp3) is 0.708. The number of aliphatic hydroxyl groups excluding tert-OH is 2. The van der Waals surface area contributed by atoms with Gasteiger partial charge in [-0.2, -0.15) is 0 Å². The molecule has 4 aliphatic rings. The zero-order valence-electron chi connectivity index (χ0n) is 18.6. The Hall–Kier alpha value is -1.38. The molecule has 0 amide bonds. The number of nitrogens with two attached hydrogens (primary N) is 1. The number of ketones is 3. The van der Waals surface area contributed by atoms with Crippen molar-refractivity contribution >= 4 is 29.8 Å². The molecule has 178 valence electrons. The molecule has 0 radical (unpaired) electrons. The van der Waals surface area contributed by atoms with Crippen molar-refractivity contribution in [1.82, 2.24) is 0 Å². The van der Waals surface area contributed by atoms with E-state index in [1.54, 1.807) is 12.2 Å². The Balaban J connectivity index is 0.00000289. The smallest absolute Gasteiger partial charge is 0.200 e. The van der Waals surface area contributed by atoms with Crippen LogP contribution in [-0.2, 0) is 14.4 Å². The Morgan fingerprint density at radius 3 is 2.62 bits per heavy atom. The number of rotatable bonds is 5. The van der Waals surface area contributed by atoms with Gasteiger partial charge in [-0.3, -0.25) is 14.4 Å². The molecule has 3 saturated carbocycles. The average molecular weight is 468 g/mol. The van der Waals surface area contributed by atoms with Crippen molar-refractivity contribution in [1.29, 1.82) is 0 Å². The number of Topliss-reactive ketones (excluding diaryl/α,β-unsaturated/α-hetero) is 2. The molecule has 0 aromatic carbocycles. The molecule has 0 heterocycles. The molecule has 4 rings (SSSR count). The highest BCUT2D eigenvalue weighted by Gasteiger charge is 2.68. The number of carbonyl (C=O) groups excluding carboxylic acids is 3. The van der Waals surface area contributed by atoms with Crippen molar-refractivity contribution in [2.24, 2.45) is 34.3 Å². The lowest BCUT2D eigenvalue weighted by Gasteiger charge is -2.59. The summed E-state index contributed by atoms with van der Waals surface area (Å²) in [7, 11) is 0. The van der Waals surface area contributed by atoms with Crippen molar-refractivity contribution in [2.45, 2.75) is 70.2 Å². The predicted octanol–water partition coefficient (Wildman–Crippen LogP) is 1.27. The Bertz CT molecular complexity index is 886. The average Bonchev–Trinajstić information content (AvgIpc) is 2.98. The van der Waals surface area contributed by atoms with E-state index in [1.165, 1.54) is 0 Å². The van der Waals surface area contributed by atoms with Crippen LogP contribution < -0.4 is 5.73 Å². The molecule has 3 fully saturated rings. The molecule has 5 N–H and O–H groups in total. The van der Waals surface area contributed by atoms with Crippen LogP contribution in [0.3, 0.4) is 0 Å². The minimum atomic E-state index is -1.90. The molecule has 32 heavy (non-hydrogen) atoms. The summed E-state index contributed by atoms with van der Waals surface area (Å²) in [5.41, 5.74) is 3.17. The van der Waals surface area contributed by atoms with Crippen molar-refractivity contribution < 1.29 is 29.7 Å². The molecule has 0 saturated heterocycles. The van der Waals surface area contributed by atoms with Crippen LogP contribution in [0.25, 0.3) is 0 Å². The van der Waals surface area contributed by atoms with Crippen molar-refractivity contribution in [3.8, 4) is 0 Å². The number of halogens is 1. The first-order valence-corrected chi connectivity index (χ1v) is 11.3. The number of hydrogen-bond donors (Lipinski definition) is 4. The molecule has 8 heteroatoms. The summed E-state index contributed by atoms with van der Waals surface area (Å²) >= 11 is 0. The highest BCUT2D eigenvalue weighted by Crippen LogP contribution is 2.67. The molecule has 0 bridgehead atoms. The van der Waals surface area contributed by atoms with Gasteiger partial charge in [-0.05, 0) is 62.6 Å². The Morgan fingerprint density at radius 1 is 1.28 bits per heavy atom. The van der Waals surface area contributed by atoms with Crippen LogP contribution in [0.4, 0.5) is 0 Å². The van der Waals surface area contributed by atoms with Gasteiger partial charge in [-0.25, -0.2) is 0 Å². The quantitative estimate of drug-likeness (QED) is 0.446. The molecule has 1 unspecified atom stereocenters. The van der Waals surface area contributed by atoms with Gasteiger partial charge in [0.2, 0.25) is 5.78 Å². The molecule has 7 nitrogen and oxygen atoms in total. The Labute approximate surface area is 194 Å². The third kappa shape index (κ3) is 3.36. The summed E-state index contributed by atoms with van der Waals surface area (Å²) in [6.07, 6.45) is 4.79. The number of carbonyl (C=O) groups is 3. The van der Waals surface area contributed by atoms with Crippen molar-refractivity contribution in [3.05, 3.63) is 23.8 Å². The summed E-state index contributed by atoms with van der Waals surface area (Å²) in [6, 6.07) is 0. The van der Waals surface area contributed by atoms with Crippen LogP contribution in [0.1, 0.15) is 52.4 Å². The number of allylic oxidation sites excluding steroid dienone is 4. The van der Waals surface area contributed by atoms with Gasteiger partial charge in [0.15, 0.2) is 17.7 Å². The van der Waals surface area contributed by atoms with Crippen molar-refractivity contribution in [3.63, 3.8) is 0 Å². The number of aliphatic hydroxyl groups is 3. The lowest BCUT2D eigenvalue weighted by atomic mass is 9.46. The van der Waals surface area contributed by atoms with Gasteiger partial charge in [0, 0.05) is 23.2 Å². The Morgan fingerprint density at radius 2 is 1.97 bits per heavy atom. The first-order chi connectivity index (χ1) is 14.5. The van der Waals surface area contributed by atoms with E-state index in [2.05, 4.69) is 6.92 Å². The minimum Gasteiger partial charge on any atom is -0.393 e. The highest BCUT2D eigenvalue weighted by molar-refractivity contribution is 6.09.